The Morgan fingerprint density at radius 1 is 1.24 bits per heavy atom. The van der Waals surface area contributed by atoms with E-state index in [0.717, 1.165) is 0 Å². The Labute approximate surface area is 151 Å². The van der Waals surface area contributed by atoms with Gasteiger partial charge in [0.15, 0.2) is 0 Å². The van der Waals surface area contributed by atoms with Crippen molar-refractivity contribution >= 4 is 33.5 Å². The summed E-state index contributed by atoms with van der Waals surface area (Å²) in [7, 11) is -2.68. The standard InChI is InChI=1S/C15H21ClN2O6S/c1-24-14(20)4-2-3-9-17-15(21)13(10-19)18-25(22,23)12-7-5-11(16)6-8-12/h5-8,13,18-19H,2-4,9-10H2,1H3,(H,17,21). The molecule has 0 bridgehead atoms. The highest BCUT2D eigenvalue weighted by Gasteiger charge is 2.24. The lowest BCUT2D eigenvalue weighted by Gasteiger charge is -2.16. The van der Waals surface area contributed by atoms with Crippen LogP contribution in [0.25, 0.3) is 0 Å². The number of carbonyl (C=O) groups excluding carboxylic acids is 2. The maximum absolute atomic E-state index is 12.2. The number of benzene rings is 1. The van der Waals surface area contributed by atoms with Crippen molar-refractivity contribution in [2.45, 2.75) is 30.2 Å². The predicted molar refractivity (Wildman–Crippen MR) is 91.5 cm³/mol. The first kappa shape index (κ1) is 21.4. The molecule has 0 radical (unpaired) electrons. The summed E-state index contributed by atoms with van der Waals surface area (Å²) < 4.78 is 31.0. The number of hydrogen-bond acceptors (Lipinski definition) is 6. The Kier molecular flexibility index (Phi) is 8.84. The van der Waals surface area contributed by atoms with Crippen molar-refractivity contribution in [1.82, 2.24) is 10.0 Å². The van der Waals surface area contributed by atoms with E-state index in [4.69, 9.17) is 11.6 Å². The fraction of sp³-hybridized carbons (Fsp3) is 0.467. The molecule has 1 aromatic carbocycles. The van der Waals surface area contributed by atoms with Gasteiger partial charge in [-0.05, 0) is 37.1 Å². The number of carbonyl (C=O) groups is 2. The van der Waals surface area contributed by atoms with Gasteiger partial charge >= 0.3 is 5.97 Å². The molecule has 0 aliphatic carbocycles. The lowest BCUT2D eigenvalue weighted by atomic mass is 10.2. The van der Waals surface area contributed by atoms with Crippen LogP contribution in [0.3, 0.4) is 0 Å². The molecule has 1 atom stereocenters. The zero-order valence-corrected chi connectivity index (χ0v) is 15.3. The average molecular weight is 393 g/mol. The number of unbranched alkanes of at least 4 members (excludes halogenated alkanes) is 1. The molecule has 0 spiro atoms. The largest absolute Gasteiger partial charge is 0.469 e. The minimum absolute atomic E-state index is 0.0683. The molecule has 0 heterocycles. The molecule has 140 valence electrons. The second-order valence-electron chi connectivity index (χ2n) is 5.13. The number of esters is 1. The zero-order chi connectivity index (χ0) is 18.9. The molecule has 1 aromatic rings. The molecular weight excluding hydrogens is 372 g/mol. The Bertz CT molecular complexity index is 678. The van der Waals surface area contributed by atoms with Gasteiger partial charge in [-0.3, -0.25) is 9.59 Å². The van der Waals surface area contributed by atoms with Crippen molar-refractivity contribution in [2.75, 3.05) is 20.3 Å². The van der Waals surface area contributed by atoms with Crippen molar-refractivity contribution < 1.29 is 27.9 Å². The molecule has 25 heavy (non-hydrogen) atoms. The molecule has 1 rings (SSSR count). The van der Waals surface area contributed by atoms with Crippen molar-refractivity contribution in [3.8, 4) is 0 Å². The first-order chi connectivity index (χ1) is 11.8. The summed E-state index contributed by atoms with van der Waals surface area (Å²) in [5.41, 5.74) is 0. The number of aliphatic hydroxyl groups excluding tert-OH is 1. The summed E-state index contributed by atoms with van der Waals surface area (Å²) in [6.45, 7) is -0.449. The number of ether oxygens (including phenoxy) is 1. The van der Waals surface area contributed by atoms with E-state index < -0.39 is 28.6 Å². The van der Waals surface area contributed by atoms with Gasteiger partial charge in [0, 0.05) is 18.0 Å². The van der Waals surface area contributed by atoms with E-state index in [9.17, 15) is 23.1 Å². The van der Waals surface area contributed by atoms with Crippen LogP contribution < -0.4 is 10.0 Å². The molecule has 0 fully saturated rings. The van der Waals surface area contributed by atoms with Crippen molar-refractivity contribution in [2.24, 2.45) is 0 Å². The van der Waals surface area contributed by atoms with Gasteiger partial charge in [0.2, 0.25) is 15.9 Å². The number of methoxy groups -OCH3 is 1. The van der Waals surface area contributed by atoms with E-state index in [1.807, 2.05) is 0 Å². The lowest BCUT2D eigenvalue weighted by Crippen LogP contribution is -2.49. The highest BCUT2D eigenvalue weighted by molar-refractivity contribution is 7.89. The molecule has 1 unspecified atom stereocenters. The minimum Gasteiger partial charge on any atom is -0.469 e. The van der Waals surface area contributed by atoms with Crippen LogP contribution >= 0.6 is 11.6 Å². The monoisotopic (exact) mass is 392 g/mol. The Morgan fingerprint density at radius 3 is 2.44 bits per heavy atom. The third kappa shape index (κ3) is 7.39. The third-order valence-electron chi connectivity index (χ3n) is 3.25. The van der Waals surface area contributed by atoms with Gasteiger partial charge in [0.05, 0.1) is 18.6 Å². The Morgan fingerprint density at radius 2 is 1.88 bits per heavy atom. The molecule has 3 N–H and O–H groups in total. The smallest absolute Gasteiger partial charge is 0.305 e. The number of aliphatic hydroxyl groups is 1. The van der Waals surface area contributed by atoms with Crippen LogP contribution in [0, 0.1) is 0 Å². The van der Waals surface area contributed by atoms with Crippen molar-refractivity contribution in [3.63, 3.8) is 0 Å². The van der Waals surface area contributed by atoms with Gasteiger partial charge in [-0.1, -0.05) is 11.6 Å². The number of halogens is 1. The van der Waals surface area contributed by atoms with Crippen LogP contribution in [-0.2, 0) is 24.3 Å². The van der Waals surface area contributed by atoms with E-state index in [1.165, 1.54) is 31.4 Å². The fourth-order valence-electron chi connectivity index (χ4n) is 1.87. The van der Waals surface area contributed by atoms with Crippen LogP contribution in [0.2, 0.25) is 5.02 Å². The SMILES string of the molecule is COC(=O)CCCCNC(=O)C(CO)NS(=O)(=O)c1ccc(Cl)cc1. The summed E-state index contributed by atoms with van der Waals surface area (Å²) in [5, 5.41) is 12.2. The molecular formula is C15H21ClN2O6S. The van der Waals surface area contributed by atoms with Crippen LogP contribution in [0.15, 0.2) is 29.2 Å². The van der Waals surface area contributed by atoms with Crippen LogP contribution in [-0.4, -0.2) is 51.7 Å². The van der Waals surface area contributed by atoms with E-state index in [0.29, 0.717) is 17.9 Å². The van der Waals surface area contributed by atoms with Crippen molar-refractivity contribution in [1.29, 1.82) is 0 Å². The summed E-state index contributed by atoms with van der Waals surface area (Å²) in [6, 6.07) is 4.09. The van der Waals surface area contributed by atoms with Gasteiger partial charge in [0.1, 0.15) is 6.04 Å². The summed E-state index contributed by atoms with van der Waals surface area (Å²) in [6.07, 6.45) is 1.27. The number of rotatable bonds is 10. The van der Waals surface area contributed by atoms with E-state index in [1.54, 1.807) is 0 Å². The normalized spacial score (nSPS) is 12.4. The number of sulfonamides is 1. The molecule has 8 nitrogen and oxygen atoms in total. The highest BCUT2D eigenvalue weighted by Crippen LogP contribution is 2.14. The van der Waals surface area contributed by atoms with Crippen LogP contribution in [0.5, 0.6) is 0 Å². The topological polar surface area (TPSA) is 122 Å². The van der Waals surface area contributed by atoms with Gasteiger partial charge in [-0.2, -0.15) is 4.72 Å². The number of nitrogens with one attached hydrogen (secondary N) is 2. The quantitative estimate of drug-likeness (QED) is 0.392. The highest BCUT2D eigenvalue weighted by atomic mass is 35.5. The van der Waals surface area contributed by atoms with Gasteiger partial charge in [-0.15, -0.1) is 0 Å². The Hall–Kier alpha value is -1.68. The lowest BCUT2D eigenvalue weighted by molar-refractivity contribution is -0.140. The number of amides is 1. The predicted octanol–water partition coefficient (Wildman–Crippen LogP) is 0.439. The maximum atomic E-state index is 12.2. The first-order valence-electron chi connectivity index (χ1n) is 7.53. The van der Waals surface area contributed by atoms with Crippen molar-refractivity contribution in [3.05, 3.63) is 29.3 Å². The molecule has 0 aromatic heterocycles. The molecule has 1 amide bonds. The molecule has 0 aliphatic heterocycles. The second kappa shape index (κ2) is 10.3. The zero-order valence-electron chi connectivity index (χ0n) is 13.7. The fourth-order valence-corrected chi connectivity index (χ4v) is 3.19. The molecule has 10 heteroatoms. The van der Waals surface area contributed by atoms with Crippen LogP contribution in [0.1, 0.15) is 19.3 Å². The van der Waals surface area contributed by atoms with Gasteiger partial charge < -0.3 is 15.2 Å². The van der Waals surface area contributed by atoms with Gasteiger partial charge in [0.25, 0.3) is 0 Å². The maximum Gasteiger partial charge on any atom is 0.305 e. The van der Waals surface area contributed by atoms with E-state index >= 15 is 0 Å². The molecule has 0 saturated heterocycles. The van der Waals surface area contributed by atoms with E-state index in [2.05, 4.69) is 14.8 Å². The van der Waals surface area contributed by atoms with Crippen LogP contribution in [0.4, 0.5) is 0 Å². The first-order valence-corrected chi connectivity index (χ1v) is 9.39. The minimum atomic E-state index is -3.97. The molecule has 0 aliphatic rings. The number of hydrogen-bond donors (Lipinski definition) is 3. The average Bonchev–Trinajstić information content (AvgIpc) is 2.59. The summed E-state index contributed by atoms with van der Waals surface area (Å²) in [5.74, 6) is -0.992. The molecule has 0 saturated carbocycles. The summed E-state index contributed by atoms with van der Waals surface area (Å²) >= 11 is 5.71. The third-order valence-corrected chi connectivity index (χ3v) is 4.99. The van der Waals surface area contributed by atoms with E-state index in [-0.39, 0.29) is 23.8 Å². The van der Waals surface area contributed by atoms with Gasteiger partial charge in [-0.25, -0.2) is 8.42 Å². The Balaban J connectivity index is 2.53. The second-order valence-corrected chi connectivity index (χ2v) is 7.29. The summed E-state index contributed by atoms with van der Waals surface area (Å²) in [4.78, 5) is 22.9.